The van der Waals surface area contributed by atoms with Crippen LogP contribution in [0.4, 0.5) is 5.13 Å². The van der Waals surface area contributed by atoms with Crippen LogP contribution >= 0.6 is 22.7 Å². The van der Waals surface area contributed by atoms with E-state index in [0.717, 1.165) is 17.4 Å². The maximum absolute atomic E-state index is 11.9. The maximum Gasteiger partial charge on any atom is 0.345 e. The van der Waals surface area contributed by atoms with Gasteiger partial charge in [-0.15, -0.1) is 22.7 Å². The van der Waals surface area contributed by atoms with Gasteiger partial charge in [0.15, 0.2) is 5.13 Å². The van der Waals surface area contributed by atoms with Gasteiger partial charge in [-0.3, -0.25) is 4.72 Å². The van der Waals surface area contributed by atoms with Crippen molar-refractivity contribution in [2.24, 2.45) is 0 Å². The maximum atomic E-state index is 11.9. The normalized spacial score (nSPS) is 11.4. The van der Waals surface area contributed by atoms with Crippen molar-refractivity contribution in [1.82, 2.24) is 4.98 Å². The first-order chi connectivity index (χ1) is 8.38. The number of carboxylic acid groups (broad SMARTS) is 1. The number of aromatic carboxylic acids is 1. The highest BCUT2D eigenvalue weighted by Gasteiger charge is 2.19. The van der Waals surface area contributed by atoms with Crippen LogP contribution in [0.3, 0.4) is 0 Å². The lowest BCUT2D eigenvalue weighted by atomic mass is 10.5. The smallest absolute Gasteiger partial charge is 0.345 e. The molecular weight excluding hydrogens is 296 g/mol. The first-order valence-electron chi connectivity index (χ1n) is 4.65. The molecule has 2 N–H and O–H groups in total. The molecule has 0 saturated carbocycles. The number of nitrogens with one attached hydrogen (secondary N) is 1. The Morgan fingerprint density at radius 2 is 2.11 bits per heavy atom. The molecule has 0 aliphatic carbocycles. The number of carbonyl (C=O) groups is 1. The summed E-state index contributed by atoms with van der Waals surface area (Å²) in [5.41, 5.74) is 0.717. The standard InChI is InChI=1S/C9H8N2O4S3/c1-5-3-17-9(10-5)11-18(14,15)6-2-7(8(12)13)16-4-6/h2-4H,1H3,(H,10,11)(H,12,13). The number of rotatable bonds is 4. The molecule has 2 heterocycles. The Labute approximate surface area is 111 Å². The highest BCUT2D eigenvalue weighted by atomic mass is 32.2. The molecule has 96 valence electrons. The third-order valence-corrected chi connectivity index (χ3v) is 5.33. The Morgan fingerprint density at radius 1 is 1.39 bits per heavy atom. The average Bonchev–Trinajstić information content (AvgIpc) is 2.86. The molecule has 9 heteroatoms. The monoisotopic (exact) mass is 304 g/mol. The van der Waals surface area contributed by atoms with Crippen LogP contribution in [-0.2, 0) is 10.0 Å². The molecule has 2 aromatic rings. The highest BCUT2D eigenvalue weighted by molar-refractivity contribution is 7.93. The second-order valence-electron chi connectivity index (χ2n) is 3.35. The van der Waals surface area contributed by atoms with Crippen LogP contribution in [-0.4, -0.2) is 24.5 Å². The Balaban J connectivity index is 2.27. The van der Waals surface area contributed by atoms with Crippen molar-refractivity contribution in [3.63, 3.8) is 0 Å². The third-order valence-electron chi connectivity index (χ3n) is 1.94. The fourth-order valence-electron chi connectivity index (χ4n) is 1.15. The van der Waals surface area contributed by atoms with E-state index < -0.39 is 16.0 Å². The molecule has 0 amide bonds. The van der Waals surface area contributed by atoms with Crippen LogP contribution in [0.15, 0.2) is 21.7 Å². The molecule has 0 radical (unpaired) electrons. The molecule has 2 rings (SSSR count). The third kappa shape index (κ3) is 2.68. The van der Waals surface area contributed by atoms with Crippen molar-refractivity contribution in [1.29, 1.82) is 0 Å². The summed E-state index contributed by atoms with van der Waals surface area (Å²) in [6.45, 7) is 1.75. The average molecular weight is 304 g/mol. The Hall–Kier alpha value is -1.45. The van der Waals surface area contributed by atoms with E-state index in [9.17, 15) is 13.2 Å². The molecule has 0 aliphatic rings. The lowest BCUT2D eigenvalue weighted by molar-refractivity contribution is 0.0702. The number of anilines is 1. The molecule has 0 atom stereocenters. The summed E-state index contributed by atoms with van der Waals surface area (Å²) in [4.78, 5) is 14.6. The van der Waals surface area contributed by atoms with Gasteiger partial charge >= 0.3 is 5.97 Å². The van der Waals surface area contributed by atoms with Crippen molar-refractivity contribution in [2.45, 2.75) is 11.8 Å². The fourth-order valence-corrected chi connectivity index (χ4v) is 4.20. The Kier molecular flexibility index (Phi) is 3.37. The SMILES string of the molecule is Cc1csc(NS(=O)(=O)c2csc(C(=O)O)c2)n1. The van der Waals surface area contributed by atoms with Crippen molar-refractivity contribution >= 4 is 43.8 Å². The Morgan fingerprint density at radius 3 is 2.61 bits per heavy atom. The van der Waals surface area contributed by atoms with Crippen molar-refractivity contribution in [2.75, 3.05) is 4.72 Å². The molecule has 0 unspecified atom stereocenters. The number of aryl methyl sites for hydroxylation is 1. The molecule has 18 heavy (non-hydrogen) atoms. The number of hydrogen-bond donors (Lipinski definition) is 2. The number of sulfonamides is 1. The van der Waals surface area contributed by atoms with Crippen LogP contribution < -0.4 is 4.72 Å². The topological polar surface area (TPSA) is 96.4 Å². The first-order valence-corrected chi connectivity index (χ1v) is 7.89. The minimum Gasteiger partial charge on any atom is -0.477 e. The number of hydrogen-bond acceptors (Lipinski definition) is 6. The van der Waals surface area contributed by atoms with Crippen LogP contribution in [0.2, 0.25) is 0 Å². The van der Waals surface area contributed by atoms with E-state index in [1.165, 1.54) is 16.7 Å². The quantitative estimate of drug-likeness (QED) is 0.900. The van der Waals surface area contributed by atoms with Gasteiger partial charge in [-0.05, 0) is 13.0 Å². The fraction of sp³-hybridized carbons (Fsp3) is 0.111. The van der Waals surface area contributed by atoms with Gasteiger partial charge in [-0.1, -0.05) is 0 Å². The lowest BCUT2D eigenvalue weighted by Crippen LogP contribution is -2.12. The molecular formula is C9H8N2O4S3. The highest BCUT2D eigenvalue weighted by Crippen LogP contribution is 2.23. The molecule has 2 aromatic heterocycles. The number of carboxylic acids is 1. The zero-order chi connectivity index (χ0) is 13.3. The summed E-state index contributed by atoms with van der Waals surface area (Å²) >= 11 is 2.03. The van der Waals surface area contributed by atoms with Gasteiger partial charge in [-0.2, -0.15) is 0 Å². The number of nitrogens with zero attached hydrogens (tertiary/aromatic N) is 1. The van der Waals surface area contributed by atoms with Crippen molar-refractivity contribution < 1.29 is 18.3 Å². The minimum atomic E-state index is -3.77. The zero-order valence-corrected chi connectivity index (χ0v) is 11.5. The predicted octanol–water partition coefficient (Wildman–Crippen LogP) is 2.01. The van der Waals surface area contributed by atoms with Crippen molar-refractivity contribution in [3.05, 3.63) is 27.4 Å². The molecule has 0 bridgehead atoms. The number of thiazole rings is 1. The van der Waals surface area contributed by atoms with E-state index in [1.807, 2.05) is 0 Å². The molecule has 0 saturated heterocycles. The number of aromatic nitrogens is 1. The first kappa shape index (κ1) is 13.0. The second kappa shape index (κ2) is 4.67. The Bertz CT molecular complexity index is 686. The van der Waals surface area contributed by atoms with Gasteiger partial charge in [0.25, 0.3) is 10.0 Å². The largest absolute Gasteiger partial charge is 0.477 e. The van der Waals surface area contributed by atoms with E-state index in [4.69, 9.17) is 5.11 Å². The van der Waals surface area contributed by atoms with Crippen LogP contribution in [0.25, 0.3) is 0 Å². The van der Waals surface area contributed by atoms with Gasteiger partial charge in [0, 0.05) is 10.8 Å². The lowest BCUT2D eigenvalue weighted by Gasteiger charge is -2.01. The van der Waals surface area contributed by atoms with E-state index >= 15 is 0 Å². The van der Waals surface area contributed by atoms with Gasteiger partial charge in [0.05, 0.1) is 10.6 Å². The minimum absolute atomic E-state index is 0.0225. The molecule has 0 aromatic carbocycles. The summed E-state index contributed by atoms with van der Waals surface area (Å²) in [6.07, 6.45) is 0. The molecule has 0 spiro atoms. The van der Waals surface area contributed by atoms with Crippen LogP contribution in [0.1, 0.15) is 15.4 Å². The predicted molar refractivity (Wildman–Crippen MR) is 68.9 cm³/mol. The van der Waals surface area contributed by atoms with E-state index in [2.05, 4.69) is 9.71 Å². The second-order valence-corrected chi connectivity index (χ2v) is 6.80. The molecule has 0 aliphatic heterocycles. The zero-order valence-electron chi connectivity index (χ0n) is 9.08. The summed E-state index contributed by atoms with van der Waals surface area (Å²) < 4.78 is 26.1. The van der Waals surface area contributed by atoms with Gasteiger partial charge in [0.2, 0.25) is 0 Å². The van der Waals surface area contributed by atoms with Crippen LogP contribution in [0.5, 0.6) is 0 Å². The van der Waals surface area contributed by atoms with Gasteiger partial charge in [0.1, 0.15) is 4.88 Å². The van der Waals surface area contributed by atoms with Gasteiger partial charge in [-0.25, -0.2) is 18.2 Å². The number of thiophene rings is 1. The van der Waals surface area contributed by atoms with E-state index in [-0.39, 0.29) is 14.9 Å². The summed E-state index contributed by atoms with van der Waals surface area (Å²) in [5, 5.41) is 12.0. The molecule has 6 nitrogen and oxygen atoms in total. The van der Waals surface area contributed by atoms with Gasteiger partial charge < -0.3 is 5.11 Å². The van der Waals surface area contributed by atoms with Crippen molar-refractivity contribution in [3.8, 4) is 0 Å². The van der Waals surface area contributed by atoms with E-state index in [1.54, 1.807) is 12.3 Å². The van der Waals surface area contributed by atoms with E-state index in [0.29, 0.717) is 5.69 Å². The van der Waals surface area contributed by atoms with Crippen LogP contribution in [0, 0.1) is 6.92 Å². The molecule has 0 fully saturated rings. The summed E-state index contributed by atoms with van der Waals surface area (Å²) in [6, 6.07) is 1.12. The summed E-state index contributed by atoms with van der Waals surface area (Å²) in [7, 11) is -3.77. The summed E-state index contributed by atoms with van der Waals surface area (Å²) in [5.74, 6) is -1.15.